The van der Waals surface area contributed by atoms with Crippen LogP contribution >= 0.6 is 0 Å². The van der Waals surface area contributed by atoms with Crippen molar-refractivity contribution in [3.63, 3.8) is 0 Å². The zero-order chi connectivity index (χ0) is 12.4. The first-order valence-corrected chi connectivity index (χ1v) is 5.43. The van der Waals surface area contributed by atoms with E-state index in [1.165, 1.54) is 6.20 Å². The fourth-order valence-electron chi connectivity index (χ4n) is 1.59. The lowest BCUT2D eigenvalue weighted by Crippen LogP contribution is -2.01. The summed E-state index contributed by atoms with van der Waals surface area (Å²) in [6.45, 7) is 0.562. The normalized spacial score (nSPS) is 12.5. The molecular formula is C12H11N3O3. The fraction of sp³-hybridized carbons (Fsp3) is 0.167. The van der Waals surface area contributed by atoms with Gasteiger partial charge in [0.25, 0.3) is 0 Å². The molecule has 0 amide bonds. The van der Waals surface area contributed by atoms with E-state index in [0.29, 0.717) is 35.4 Å². The number of benzene rings is 1. The van der Waals surface area contributed by atoms with Crippen molar-refractivity contribution in [2.24, 2.45) is 5.73 Å². The van der Waals surface area contributed by atoms with Crippen LogP contribution in [0.15, 0.2) is 30.6 Å². The Balaban J connectivity index is 1.83. The number of hydrogen-bond donors (Lipinski definition) is 1. The lowest BCUT2D eigenvalue weighted by molar-refractivity contribution is 0.174. The summed E-state index contributed by atoms with van der Waals surface area (Å²) in [7, 11) is 0. The van der Waals surface area contributed by atoms with Crippen LogP contribution in [0.4, 0.5) is 0 Å². The SMILES string of the molecule is NCc1cncc(Oc2ccc3c(c2)OCO3)n1. The molecule has 0 atom stereocenters. The van der Waals surface area contributed by atoms with Crippen LogP contribution in [-0.2, 0) is 6.54 Å². The highest BCUT2D eigenvalue weighted by Crippen LogP contribution is 2.36. The molecule has 1 aliphatic rings. The van der Waals surface area contributed by atoms with Gasteiger partial charge in [0.2, 0.25) is 12.7 Å². The fourth-order valence-corrected chi connectivity index (χ4v) is 1.59. The van der Waals surface area contributed by atoms with Crippen LogP contribution in [0, 0.1) is 0 Å². The van der Waals surface area contributed by atoms with Crippen LogP contribution in [0.2, 0.25) is 0 Å². The van der Waals surface area contributed by atoms with Crippen LogP contribution in [0.3, 0.4) is 0 Å². The molecule has 2 aromatic rings. The maximum absolute atomic E-state index is 5.58. The Morgan fingerprint density at radius 2 is 2.11 bits per heavy atom. The van der Waals surface area contributed by atoms with Gasteiger partial charge in [-0.1, -0.05) is 0 Å². The van der Waals surface area contributed by atoms with Gasteiger partial charge in [0, 0.05) is 18.8 Å². The standard InChI is InChI=1S/C12H11N3O3/c13-4-8-5-14-6-12(15-8)18-9-1-2-10-11(3-9)17-7-16-10/h1-3,5-6H,4,7,13H2. The third kappa shape index (κ3) is 2.05. The van der Waals surface area contributed by atoms with E-state index in [1.807, 2.05) is 0 Å². The molecule has 2 N–H and O–H groups in total. The molecule has 1 aromatic heterocycles. The molecule has 3 rings (SSSR count). The molecule has 6 nitrogen and oxygen atoms in total. The van der Waals surface area contributed by atoms with Crippen molar-refractivity contribution in [2.45, 2.75) is 6.54 Å². The van der Waals surface area contributed by atoms with Gasteiger partial charge < -0.3 is 19.9 Å². The minimum Gasteiger partial charge on any atom is -0.454 e. The van der Waals surface area contributed by atoms with Crippen LogP contribution in [0.5, 0.6) is 23.1 Å². The quantitative estimate of drug-likeness (QED) is 0.881. The largest absolute Gasteiger partial charge is 0.454 e. The van der Waals surface area contributed by atoms with Gasteiger partial charge in [0.15, 0.2) is 11.5 Å². The maximum atomic E-state index is 5.58. The molecule has 2 heterocycles. The second kappa shape index (κ2) is 4.50. The Labute approximate surface area is 103 Å². The van der Waals surface area contributed by atoms with Gasteiger partial charge in [-0.3, -0.25) is 4.98 Å². The zero-order valence-corrected chi connectivity index (χ0v) is 9.50. The Morgan fingerprint density at radius 3 is 3.00 bits per heavy atom. The second-order valence-corrected chi connectivity index (χ2v) is 3.67. The summed E-state index contributed by atoms with van der Waals surface area (Å²) < 4.78 is 16.1. The van der Waals surface area contributed by atoms with E-state index in [-0.39, 0.29) is 6.79 Å². The van der Waals surface area contributed by atoms with Crippen molar-refractivity contribution < 1.29 is 14.2 Å². The Bertz CT molecular complexity index is 574. The number of hydrogen-bond acceptors (Lipinski definition) is 6. The van der Waals surface area contributed by atoms with Crippen molar-refractivity contribution in [3.8, 4) is 23.1 Å². The van der Waals surface area contributed by atoms with Gasteiger partial charge in [-0.25, -0.2) is 4.98 Å². The van der Waals surface area contributed by atoms with Gasteiger partial charge >= 0.3 is 0 Å². The van der Waals surface area contributed by atoms with E-state index < -0.39 is 0 Å². The van der Waals surface area contributed by atoms with E-state index in [2.05, 4.69) is 9.97 Å². The highest BCUT2D eigenvalue weighted by Gasteiger charge is 2.14. The number of aromatic nitrogens is 2. The second-order valence-electron chi connectivity index (χ2n) is 3.67. The molecular weight excluding hydrogens is 234 g/mol. The van der Waals surface area contributed by atoms with Crippen LogP contribution < -0.4 is 19.9 Å². The lowest BCUT2D eigenvalue weighted by Gasteiger charge is -2.06. The van der Waals surface area contributed by atoms with Crippen molar-refractivity contribution >= 4 is 0 Å². The average molecular weight is 245 g/mol. The molecule has 0 bridgehead atoms. The molecule has 0 radical (unpaired) electrons. The number of fused-ring (bicyclic) bond motifs is 1. The lowest BCUT2D eigenvalue weighted by atomic mass is 10.3. The Morgan fingerprint density at radius 1 is 1.22 bits per heavy atom. The van der Waals surface area contributed by atoms with E-state index in [9.17, 15) is 0 Å². The predicted molar refractivity (Wildman–Crippen MR) is 62.6 cm³/mol. The van der Waals surface area contributed by atoms with Crippen molar-refractivity contribution in [3.05, 3.63) is 36.3 Å². The van der Waals surface area contributed by atoms with E-state index >= 15 is 0 Å². The highest BCUT2D eigenvalue weighted by molar-refractivity contribution is 5.47. The summed E-state index contributed by atoms with van der Waals surface area (Å²) in [5.74, 6) is 2.39. The summed E-state index contributed by atoms with van der Waals surface area (Å²) in [5, 5.41) is 0. The topological polar surface area (TPSA) is 79.5 Å². The monoisotopic (exact) mass is 245 g/mol. The third-order valence-electron chi connectivity index (χ3n) is 2.44. The molecule has 0 aliphatic carbocycles. The van der Waals surface area contributed by atoms with Crippen LogP contribution in [0.25, 0.3) is 0 Å². The first kappa shape index (κ1) is 10.8. The molecule has 1 aliphatic heterocycles. The van der Waals surface area contributed by atoms with Gasteiger partial charge in [-0.05, 0) is 12.1 Å². The predicted octanol–water partition coefficient (Wildman–Crippen LogP) is 1.46. The summed E-state index contributed by atoms with van der Waals surface area (Å²) in [4.78, 5) is 8.20. The van der Waals surface area contributed by atoms with E-state index in [4.69, 9.17) is 19.9 Å². The summed E-state index contributed by atoms with van der Waals surface area (Å²) in [6.07, 6.45) is 3.14. The molecule has 1 aromatic carbocycles. The summed E-state index contributed by atoms with van der Waals surface area (Å²) >= 11 is 0. The molecule has 0 saturated carbocycles. The van der Waals surface area contributed by atoms with Crippen molar-refractivity contribution in [1.82, 2.24) is 9.97 Å². The van der Waals surface area contributed by atoms with Crippen molar-refractivity contribution in [1.29, 1.82) is 0 Å². The molecule has 6 heteroatoms. The highest BCUT2D eigenvalue weighted by atomic mass is 16.7. The molecule has 18 heavy (non-hydrogen) atoms. The first-order chi connectivity index (χ1) is 8.85. The average Bonchev–Trinajstić information content (AvgIpc) is 2.86. The smallest absolute Gasteiger partial charge is 0.238 e. The number of nitrogens with two attached hydrogens (primary N) is 1. The number of nitrogens with zero attached hydrogens (tertiary/aromatic N) is 2. The van der Waals surface area contributed by atoms with Gasteiger partial charge in [-0.2, -0.15) is 0 Å². The molecule has 92 valence electrons. The third-order valence-corrected chi connectivity index (χ3v) is 2.44. The Kier molecular flexibility index (Phi) is 2.70. The molecule has 0 spiro atoms. The number of rotatable bonds is 3. The first-order valence-electron chi connectivity index (χ1n) is 5.43. The molecule has 0 fully saturated rings. The molecule has 0 unspecified atom stereocenters. The van der Waals surface area contributed by atoms with E-state index in [0.717, 1.165) is 0 Å². The zero-order valence-electron chi connectivity index (χ0n) is 9.50. The summed E-state index contributed by atoms with van der Waals surface area (Å²) in [6, 6.07) is 5.32. The van der Waals surface area contributed by atoms with Gasteiger partial charge in [-0.15, -0.1) is 0 Å². The number of ether oxygens (including phenoxy) is 3. The van der Waals surface area contributed by atoms with Crippen molar-refractivity contribution in [2.75, 3.05) is 6.79 Å². The minimum atomic E-state index is 0.237. The van der Waals surface area contributed by atoms with Gasteiger partial charge in [0.05, 0.1) is 11.9 Å². The van der Waals surface area contributed by atoms with E-state index in [1.54, 1.807) is 24.4 Å². The maximum Gasteiger partial charge on any atom is 0.238 e. The van der Waals surface area contributed by atoms with Crippen LogP contribution in [-0.4, -0.2) is 16.8 Å². The minimum absolute atomic E-state index is 0.237. The molecule has 0 saturated heterocycles. The Hall–Kier alpha value is -2.34. The van der Waals surface area contributed by atoms with Gasteiger partial charge in [0.1, 0.15) is 5.75 Å². The summed E-state index contributed by atoms with van der Waals surface area (Å²) in [5.41, 5.74) is 6.17. The van der Waals surface area contributed by atoms with Crippen LogP contribution in [0.1, 0.15) is 5.69 Å².